The van der Waals surface area contributed by atoms with Gasteiger partial charge >= 0.3 is 5.63 Å². The normalized spacial score (nSPS) is 14.5. The minimum atomic E-state index is -0.474. The molecular formula is C24H33N2O5+. The molecule has 31 heavy (non-hydrogen) atoms. The molecule has 1 aromatic heterocycles. The highest BCUT2D eigenvalue weighted by Crippen LogP contribution is 2.29. The number of hydrogen-bond acceptors (Lipinski definition) is 5. The van der Waals surface area contributed by atoms with E-state index in [1.807, 2.05) is 32.9 Å². The van der Waals surface area contributed by atoms with Crippen LogP contribution < -0.4 is 20.6 Å². The highest BCUT2D eigenvalue weighted by molar-refractivity contribution is 5.87. The maximum Gasteiger partial charge on any atom is 0.340 e. The molecule has 0 bridgehead atoms. The van der Waals surface area contributed by atoms with Crippen LogP contribution in [0.4, 0.5) is 0 Å². The van der Waals surface area contributed by atoms with Crippen LogP contribution in [-0.2, 0) is 16.0 Å². The molecule has 1 saturated heterocycles. The summed E-state index contributed by atoms with van der Waals surface area (Å²) < 4.78 is 16.7. The fourth-order valence-corrected chi connectivity index (χ4v) is 3.83. The number of carbonyl (C=O) groups is 1. The standard InChI is InChI=1S/C24H32N2O5/c1-16(2)15-30-21-7-6-19-17(3)20(24(28)31-23(19)18(21)4)14-22(27)25-8-5-9-26-10-12-29-13-11-26/h6-7H,1,5,8-15H2,2-4H3,(H,25,27)/p+1. The molecule has 7 nitrogen and oxygen atoms in total. The third-order valence-electron chi connectivity index (χ3n) is 5.69. The van der Waals surface area contributed by atoms with Crippen LogP contribution in [0.5, 0.6) is 5.75 Å². The molecular weight excluding hydrogens is 396 g/mol. The zero-order valence-electron chi connectivity index (χ0n) is 18.8. The second-order valence-electron chi connectivity index (χ2n) is 8.30. The predicted octanol–water partition coefficient (Wildman–Crippen LogP) is 1.33. The third-order valence-corrected chi connectivity index (χ3v) is 5.69. The largest absolute Gasteiger partial charge is 0.489 e. The lowest BCUT2D eigenvalue weighted by atomic mass is 10.0. The van der Waals surface area contributed by atoms with Gasteiger partial charge in [-0.1, -0.05) is 6.58 Å². The quantitative estimate of drug-likeness (QED) is 0.357. The van der Waals surface area contributed by atoms with Gasteiger partial charge in [-0.25, -0.2) is 4.79 Å². The summed E-state index contributed by atoms with van der Waals surface area (Å²) in [4.78, 5) is 26.6. The van der Waals surface area contributed by atoms with E-state index < -0.39 is 5.63 Å². The molecule has 0 atom stereocenters. The summed E-state index contributed by atoms with van der Waals surface area (Å²) in [5, 5.41) is 3.75. The highest BCUT2D eigenvalue weighted by atomic mass is 16.5. The third kappa shape index (κ3) is 5.95. The van der Waals surface area contributed by atoms with Gasteiger partial charge in [0, 0.05) is 23.9 Å². The zero-order valence-corrected chi connectivity index (χ0v) is 18.8. The van der Waals surface area contributed by atoms with Gasteiger partial charge in [-0.2, -0.15) is 0 Å². The number of quaternary nitrogens is 1. The molecule has 1 fully saturated rings. The maximum absolute atomic E-state index is 12.6. The second-order valence-corrected chi connectivity index (χ2v) is 8.30. The Bertz CT molecular complexity index is 1010. The molecule has 1 aromatic carbocycles. The molecule has 0 aliphatic carbocycles. The van der Waals surface area contributed by atoms with Crippen LogP contribution in [0.25, 0.3) is 11.0 Å². The molecule has 3 rings (SSSR count). The van der Waals surface area contributed by atoms with Crippen LogP contribution in [-0.4, -0.2) is 51.9 Å². The first kappa shape index (κ1) is 23.0. The number of amides is 1. The molecule has 0 saturated carbocycles. The van der Waals surface area contributed by atoms with Crippen molar-refractivity contribution in [1.82, 2.24) is 5.32 Å². The summed E-state index contributed by atoms with van der Waals surface area (Å²) in [7, 11) is 0. The van der Waals surface area contributed by atoms with Crippen molar-refractivity contribution in [2.75, 3.05) is 46.0 Å². The number of fused-ring (bicyclic) bond motifs is 1. The van der Waals surface area contributed by atoms with Gasteiger partial charge in [0.2, 0.25) is 5.91 Å². The van der Waals surface area contributed by atoms with Crippen molar-refractivity contribution in [3.63, 3.8) is 0 Å². The first-order valence-corrected chi connectivity index (χ1v) is 10.9. The molecule has 1 aliphatic heterocycles. The SMILES string of the molecule is C=C(C)COc1ccc2c(C)c(CC(=O)NCCC[NH+]3CCOCC3)c(=O)oc2c1C. The lowest BCUT2D eigenvalue weighted by Crippen LogP contribution is -3.14. The minimum absolute atomic E-state index is 0.0154. The summed E-state index contributed by atoms with van der Waals surface area (Å²) in [6.07, 6.45) is 0.917. The van der Waals surface area contributed by atoms with Crippen LogP contribution in [0, 0.1) is 13.8 Å². The number of benzene rings is 1. The molecule has 0 unspecified atom stereocenters. The summed E-state index contributed by atoms with van der Waals surface area (Å²) in [6.45, 7) is 15.1. The van der Waals surface area contributed by atoms with Gasteiger partial charge < -0.3 is 24.1 Å². The van der Waals surface area contributed by atoms with Crippen molar-refractivity contribution >= 4 is 16.9 Å². The van der Waals surface area contributed by atoms with Crippen LogP contribution in [0.1, 0.15) is 30.0 Å². The smallest absolute Gasteiger partial charge is 0.340 e. The van der Waals surface area contributed by atoms with E-state index in [1.54, 1.807) is 0 Å². The monoisotopic (exact) mass is 429 g/mol. The fourth-order valence-electron chi connectivity index (χ4n) is 3.83. The first-order chi connectivity index (χ1) is 14.9. The Hall–Kier alpha value is -2.64. The Morgan fingerprint density at radius 3 is 2.68 bits per heavy atom. The average molecular weight is 430 g/mol. The molecule has 168 valence electrons. The summed E-state index contributed by atoms with van der Waals surface area (Å²) >= 11 is 0. The van der Waals surface area contributed by atoms with E-state index in [9.17, 15) is 9.59 Å². The molecule has 0 spiro atoms. The van der Waals surface area contributed by atoms with Gasteiger partial charge in [-0.15, -0.1) is 0 Å². The Labute approximate surface area is 183 Å². The minimum Gasteiger partial charge on any atom is -0.489 e. The van der Waals surface area contributed by atoms with Gasteiger partial charge in [0.1, 0.15) is 31.0 Å². The second kappa shape index (κ2) is 10.6. The summed E-state index contributed by atoms with van der Waals surface area (Å²) in [5.74, 6) is 0.496. The molecule has 1 amide bonds. The van der Waals surface area contributed by atoms with E-state index in [0.717, 1.165) is 61.4 Å². The summed E-state index contributed by atoms with van der Waals surface area (Å²) in [5.41, 5.74) is 2.87. The van der Waals surface area contributed by atoms with Crippen molar-refractivity contribution in [2.24, 2.45) is 0 Å². The first-order valence-electron chi connectivity index (χ1n) is 10.9. The Kier molecular flexibility index (Phi) is 7.87. The number of nitrogens with one attached hydrogen (secondary N) is 2. The van der Waals surface area contributed by atoms with Crippen LogP contribution >= 0.6 is 0 Å². The van der Waals surface area contributed by atoms with E-state index >= 15 is 0 Å². The Morgan fingerprint density at radius 1 is 1.23 bits per heavy atom. The lowest BCUT2D eigenvalue weighted by molar-refractivity contribution is -0.908. The van der Waals surface area contributed by atoms with E-state index in [4.69, 9.17) is 13.9 Å². The molecule has 2 aromatic rings. The topological polar surface area (TPSA) is 82.2 Å². The molecule has 7 heteroatoms. The lowest BCUT2D eigenvalue weighted by Gasteiger charge is -2.23. The van der Waals surface area contributed by atoms with E-state index in [0.29, 0.717) is 30.0 Å². The van der Waals surface area contributed by atoms with E-state index in [2.05, 4.69) is 11.9 Å². The number of hydrogen-bond donors (Lipinski definition) is 2. The molecule has 0 radical (unpaired) electrons. The number of morpholine rings is 1. The van der Waals surface area contributed by atoms with Crippen molar-refractivity contribution in [1.29, 1.82) is 0 Å². The van der Waals surface area contributed by atoms with E-state index in [-0.39, 0.29) is 12.3 Å². The van der Waals surface area contributed by atoms with Crippen molar-refractivity contribution in [3.8, 4) is 5.75 Å². The van der Waals surface area contributed by atoms with Gasteiger partial charge in [0.25, 0.3) is 0 Å². The van der Waals surface area contributed by atoms with Crippen molar-refractivity contribution in [3.05, 3.63) is 51.4 Å². The Balaban J connectivity index is 1.64. The van der Waals surface area contributed by atoms with Crippen LogP contribution in [0.2, 0.25) is 0 Å². The average Bonchev–Trinajstić information content (AvgIpc) is 2.75. The molecule has 2 N–H and O–H groups in total. The number of ether oxygens (including phenoxy) is 2. The predicted molar refractivity (Wildman–Crippen MR) is 120 cm³/mol. The maximum atomic E-state index is 12.6. The van der Waals surface area contributed by atoms with Crippen LogP contribution in [0.3, 0.4) is 0 Å². The van der Waals surface area contributed by atoms with Gasteiger partial charge in [0.15, 0.2) is 0 Å². The summed E-state index contributed by atoms with van der Waals surface area (Å²) in [6, 6.07) is 3.74. The van der Waals surface area contributed by atoms with Crippen LogP contribution in [0.15, 0.2) is 33.5 Å². The van der Waals surface area contributed by atoms with Gasteiger partial charge in [-0.05, 0) is 44.0 Å². The fraction of sp³-hybridized carbons (Fsp3) is 0.500. The number of aryl methyl sites for hydroxylation is 2. The van der Waals surface area contributed by atoms with Crippen molar-refractivity contribution < 1.29 is 23.6 Å². The number of carbonyl (C=O) groups excluding carboxylic acids is 1. The van der Waals surface area contributed by atoms with E-state index in [1.165, 1.54) is 4.90 Å². The van der Waals surface area contributed by atoms with Gasteiger partial charge in [-0.3, -0.25) is 4.79 Å². The molecule has 2 heterocycles. The highest BCUT2D eigenvalue weighted by Gasteiger charge is 2.18. The number of rotatable bonds is 9. The van der Waals surface area contributed by atoms with Gasteiger partial charge in [0.05, 0.1) is 31.7 Å². The molecule has 1 aliphatic rings. The Morgan fingerprint density at radius 2 is 1.97 bits per heavy atom. The van der Waals surface area contributed by atoms with Crippen molar-refractivity contribution in [2.45, 2.75) is 33.6 Å². The zero-order chi connectivity index (χ0) is 22.4.